The van der Waals surface area contributed by atoms with Crippen LogP contribution in [0.2, 0.25) is 0 Å². The number of para-hydroxylation sites is 2. The van der Waals surface area contributed by atoms with Crippen LogP contribution < -0.4 is 19.7 Å². The number of nitrogens with one attached hydrogen (secondary N) is 1. The van der Waals surface area contributed by atoms with Crippen molar-refractivity contribution >= 4 is 17.3 Å². The third kappa shape index (κ3) is 4.04. The highest BCUT2D eigenvalue weighted by Gasteiger charge is 2.23. The minimum absolute atomic E-state index is 0.00527. The SMILES string of the molecule is COc1cc(CNc2ccccc2N2CCCC2=O)ccc1OC(F)F. The van der Waals surface area contributed by atoms with E-state index in [0.717, 1.165) is 23.4 Å². The molecule has 5 nitrogen and oxygen atoms in total. The van der Waals surface area contributed by atoms with Crippen LogP contribution in [0.4, 0.5) is 20.2 Å². The summed E-state index contributed by atoms with van der Waals surface area (Å²) in [5, 5.41) is 3.30. The first-order chi connectivity index (χ1) is 12.6. The van der Waals surface area contributed by atoms with Crippen molar-refractivity contribution in [1.82, 2.24) is 0 Å². The molecule has 0 bridgehead atoms. The van der Waals surface area contributed by atoms with Crippen LogP contribution in [0.25, 0.3) is 0 Å². The molecular weight excluding hydrogens is 342 g/mol. The molecular formula is C19H20F2N2O3. The number of benzene rings is 2. The van der Waals surface area contributed by atoms with E-state index >= 15 is 0 Å². The molecule has 2 aromatic carbocycles. The standard InChI is InChI=1S/C19H20F2N2O3/c1-25-17-11-13(8-9-16(17)26-19(20)21)12-22-14-5-2-3-6-15(14)23-10-4-7-18(23)24/h2-3,5-6,8-9,11,19,22H,4,7,10,12H2,1H3. The van der Waals surface area contributed by atoms with Crippen LogP contribution in [-0.2, 0) is 11.3 Å². The Balaban J connectivity index is 1.74. The Bertz CT molecular complexity index is 783. The van der Waals surface area contributed by atoms with Crippen LogP contribution >= 0.6 is 0 Å². The van der Waals surface area contributed by atoms with Crippen LogP contribution in [0.5, 0.6) is 11.5 Å². The molecule has 0 saturated carbocycles. The Morgan fingerprint density at radius 2 is 2.00 bits per heavy atom. The Hall–Kier alpha value is -2.83. The number of rotatable bonds is 7. The van der Waals surface area contributed by atoms with E-state index in [0.29, 0.717) is 19.5 Å². The molecule has 0 radical (unpaired) electrons. The van der Waals surface area contributed by atoms with Gasteiger partial charge in [0.1, 0.15) is 0 Å². The van der Waals surface area contributed by atoms with Gasteiger partial charge >= 0.3 is 6.61 Å². The Morgan fingerprint density at radius 1 is 1.19 bits per heavy atom. The Labute approximate surface area is 150 Å². The molecule has 1 N–H and O–H groups in total. The quantitative estimate of drug-likeness (QED) is 0.808. The maximum absolute atomic E-state index is 12.4. The van der Waals surface area contributed by atoms with Crippen molar-refractivity contribution in [1.29, 1.82) is 0 Å². The molecule has 0 aromatic heterocycles. The molecule has 0 spiro atoms. The Morgan fingerprint density at radius 3 is 2.69 bits per heavy atom. The number of carbonyl (C=O) groups excluding carboxylic acids is 1. The van der Waals surface area contributed by atoms with Gasteiger partial charge < -0.3 is 19.7 Å². The fourth-order valence-electron chi connectivity index (χ4n) is 2.97. The number of hydrogen-bond acceptors (Lipinski definition) is 4. The van der Waals surface area contributed by atoms with Crippen molar-refractivity contribution in [3.05, 3.63) is 48.0 Å². The van der Waals surface area contributed by atoms with Gasteiger partial charge in [-0.3, -0.25) is 4.79 Å². The summed E-state index contributed by atoms with van der Waals surface area (Å²) >= 11 is 0. The lowest BCUT2D eigenvalue weighted by molar-refractivity contribution is -0.117. The minimum atomic E-state index is -2.90. The maximum atomic E-state index is 12.4. The smallest absolute Gasteiger partial charge is 0.387 e. The molecule has 0 aliphatic carbocycles. The lowest BCUT2D eigenvalue weighted by Gasteiger charge is -2.20. The second-order valence-corrected chi connectivity index (χ2v) is 5.88. The average Bonchev–Trinajstić information content (AvgIpc) is 3.06. The molecule has 1 heterocycles. The normalized spacial score (nSPS) is 14.0. The van der Waals surface area contributed by atoms with Crippen molar-refractivity contribution < 1.29 is 23.0 Å². The van der Waals surface area contributed by atoms with Gasteiger partial charge in [-0.05, 0) is 36.2 Å². The molecule has 26 heavy (non-hydrogen) atoms. The predicted molar refractivity (Wildman–Crippen MR) is 95.0 cm³/mol. The van der Waals surface area contributed by atoms with E-state index in [1.807, 2.05) is 24.3 Å². The van der Waals surface area contributed by atoms with Gasteiger partial charge in [-0.15, -0.1) is 0 Å². The van der Waals surface area contributed by atoms with Crippen LogP contribution in [0.15, 0.2) is 42.5 Å². The van der Waals surface area contributed by atoms with Gasteiger partial charge in [0.2, 0.25) is 5.91 Å². The molecule has 138 valence electrons. The summed E-state index contributed by atoms with van der Waals surface area (Å²) < 4.78 is 34.4. The number of carbonyl (C=O) groups is 1. The number of amides is 1. The number of alkyl halides is 2. The molecule has 7 heteroatoms. The first-order valence-corrected chi connectivity index (χ1v) is 8.33. The fraction of sp³-hybridized carbons (Fsp3) is 0.316. The largest absolute Gasteiger partial charge is 0.493 e. The van der Waals surface area contributed by atoms with E-state index in [4.69, 9.17) is 4.74 Å². The van der Waals surface area contributed by atoms with Crippen molar-refractivity contribution in [3.8, 4) is 11.5 Å². The first-order valence-electron chi connectivity index (χ1n) is 8.33. The molecule has 1 aliphatic heterocycles. The molecule has 0 atom stereocenters. The zero-order valence-corrected chi connectivity index (χ0v) is 14.4. The highest BCUT2D eigenvalue weighted by molar-refractivity contribution is 5.98. The van der Waals surface area contributed by atoms with Crippen molar-refractivity contribution in [2.45, 2.75) is 26.0 Å². The number of methoxy groups -OCH3 is 1. The average molecular weight is 362 g/mol. The van der Waals surface area contributed by atoms with E-state index in [9.17, 15) is 13.6 Å². The molecule has 3 rings (SSSR count). The van der Waals surface area contributed by atoms with E-state index in [1.54, 1.807) is 17.0 Å². The highest BCUT2D eigenvalue weighted by atomic mass is 19.3. The predicted octanol–water partition coefficient (Wildman–Crippen LogP) is 4.04. The summed E-state index contributed by atoms with van der Waals surface area (Å²) in [7, 11) is 1.40. The molecule has 1 amide bonds. The van der Waals surface area contributed by atoms with E-state index in [2.05, 4.69) is 10.1 Å². The number of hydrogen-bond donors (Lipinski definition) is 1. The summed E-state index contributed by atoms with van der Waals surface area (Å²) in [6, 6.07) is 12.4. The molecule has 1 fully saturated rings. The van der Waals surface area contributed by atoms with Crippen LogP contribution in [0, 0.1) is 0 Å². The monoisotopic (exact) mass is 362 g/mol. The second kappa shape index (κ2) is 8.03. The summed E-state index contributed by atoms with van der Waals surface area (Å²) in [6.07, 6.45) is 1.42. The van der Waals surface area contributed by atoms with Gasteiger partial charge in [-0.2, -0.15) is 8.78 Å². The first kappa shape index (κ1) is 18.0. The topological polar surface area (TPSA) is 50.8 Å². The van der Waals surface area contributed by atoms with Gasteiger partial charge in [-0.25, -0.2) is 0 Å². The summed E-state index contributed by atoms with van der Waals surface area (Å²) in [5.41, 5.74) is 2.53. The fourth-order valence-corrected chi connectivity index (χ4v) is 2.97. The number of nitrogens with zero attached hydrogens (tertiary/aromatic N) is 1. The van der Waals surface area contributed by atoms with Gasteiger partial charge in [0.15, 0.2) is 11.5 Å². The van der Waals surface area contributed by atoms with E-state index < -0.39 is 6.61 Å². The molecule has 2 aromatic rings. The number of anilines is 2. The third-order valence-electron chi connectivity index (χ3n) is 4.20. The lowest BCUT2D eigenvalue weighted by atomic mass is 10.2. The summed E-state index contributed by atoms with van der Waals surface area (Å²) in [6.45, 7) is -1.74. The minimum Gasteiger partial charge on any atom is -0.493 e. The van der Waals surface area contributed by atoms with Crippen molar-refractivity contribution in [2.75, 3.05) is 23.9 Å². The maximum Gasteiger partial charge on any atom is 0.387 e. The van der Waals surface area contributed by atoms with E-state index in [1.165, 1.54) is 13.2 Å². The van der Waals surface area contributed by atoms with Crippen molar-refractivity contribution in [3.63, 3.8) is 0 Å². The number of ether oxygens (including phenoxy) is 2. The second-order valence-electron chi connectivity index (χ2n) is 5.88. The van der Waals surface area contributed by atoms with E-state index in [-0.39, 0.29) is 17.4 Å². The van der Waals surface area contributed by atoms with Gasteiger partial charge in [0.25, 0.3) is 0 Å². The van der Waals surface area contributed by atoms with Crippen LogP contribution in [0.3, 0.4) is 0 Å². The summed E-state index contributed by atoms with van der Waals surface area (Å²) in [4.78, 5) is 13.8. The summed E-state index contributed by atoms with van der Waals surface area (Å²) in [5.74, 6) is 0.358. The lowest BCUT2D eigenvalue weighted by Crippen LogP contribution is -2.24. The molecule has 0 unspecified atom stereocenters. The van der Waals surface area contributed by atoms with Crippen LogP contribution in [-0.4, -0.2) is 26.2 Å². The van der Waals surface area contributed by atoms with Gasteiger partial charge in [0.05, 0.1) is 18.5 Å². The van der Waals surface area contributed by atoms with Crippen LogP contribution in [0.1, 0.15) is 18.4 Å². The highest BCUT2D eigenvalue weighted by Crippen LogP contribution is 2.32. The Kier molecular flexibility index (Phi) is 5.55. The van der Waals surface area contributed by atoms with Gasteiger partial charge in [-0.1, -0.05) is 18.2 Å². The molecule has 1 saturated heterocycles. The zero-order chi connectivity index (χ0) is 18.5. The number of halogens is 2. The zero-order valence-electron chi connectivity index (χ0n) is 14.4. The third-order valence-corrected chi connectivity index (χ3v) is 4.20. The molecule has 1 aliphatic rings. The van der Waals surface area contributed by atoms with Crippen molar-refractivity contribution in [2.24, 2.45) is 0 Å². The van der Waals surface area contributed by atoms with Gasteiger partial charge in [0, 0.05) is 19.5 Å².